The van der Waals surface area contributed by atoms with E-state index in [4.69, 9.17) is 5.73 Å². The van der Waals surface area contributed by atoms with Crippen LogP contribution in [0.4, 0.5) is 0 Å². The van der Waals surface area contributed by atoms with Gasteiger partial charge in [-0.1, -0.05) is 12.8 Å². The van der Waals surface area contributed by atoms with Crippen molar-refractivity contribution in [2.45, 2.75) is 38.5 Å². The van der Waals surface area contributed by atoms with Crippen LogP contribution in [-0.2, 0) is 15.0 Å². The summed E-state index contributed by atoms with van der Waals surface area (Å²) in [4.78, 5) is 12.1. The van der Waals surface area contributed by atoms with Gasteiger partial charge in [-0.3, -0.25) is 4.79 Å². The summed E-state index contributed by atoms with van der Waals surface area (Å²) in [6.07, 6.45) is 5.50. The molecular formula is C14H28N4O3S. The molecule has 2 aliphatic rings. The predicted octanol–water partition coefficient (Wildman–Crippen LogP) is -0.106. The molecule has 0 aliphatic carbocycles. The van der Waals surface area contributed by atoms with Gasteiger partial charge in [0.25, 0.3) is 10.2 Å². The average molecular weight is 332 g/mol. The van der Waals surface area contributed by atoms with E-state index in [0.717, 1.165) is 38.5 Å². The number of piperidine rings is 1. The molecule has 2 saturated heterocycles. The predicted molar refractivity (Wildman–Crippen MR) is 85.3 cm³/mol. The average Bonchev–Trinajstić information content (AvgIpc) is 2.82. The van der Waals surface area contributed by atoms with Crippen LogP contribution >= 0.6 is 0 Å². The third-order valence-electron chi connectivity index (χ3n) is 4.42. The number of rotatable bonds is 5. The van der Waals surface area contributed by atoms with Crippen LogP contribution in [0.5, 0.6) is 0 Å². The van der Waals surface area contributed by atoms with Gasteiger partial charge in [0.2, 0.25) is 5.91 Å². The summed E-state index contributed by atoms with van der Waals surface area (Å²) in [6.45, 7) is 2.84. The second-order valence-electron chi connectivity index (χ2n) is 6.10. The van der Waals surface area contributed by atoms with Crippen molar-refractivity contribution in [1.29, 1.82) is 0 Å². The van der Waals surface area contributed by atoms with E-state index in [1.165, 1.54) is 4.31 Å². The first-order valence-corrected chi connectivity index (χ1v) is 9.68. The van der Waals surface area contributed by atoms with Gasteiger partial charge in [0.05, 0.1) is 5.92 Å². The minimum absolute atomic E-state index is 0.0822. The van der Waals surface area contributed by atoms with Crippen LogP contribution < -0.4 is 11.1 Å². The maximum Gasteiger partial charge on any atom is 0.281 e. The molecule has 8 heteroatoms. The highest BCUT2D eigenvalue weighted by atomic mass is 32.2. The molecule has 0 spiro atoms. The quantitative estimate of drug-likeness (QED) is 0.734. The minimum Gasteiger partial charge on any atom is -0.355 e. The molecule has 2 heterocycles. The summed E-state index contributed by atoms with van der Waals surface area (Å²) in [5.41, 5.74) is 5.39. The molecule has 1 amide bonds. The van der Waals surface area contributed by atoms with Gasteiger partial charge < -0.3 is 11.1 Å². The van der Waals surface area contributed by atoms with Crippen LogP contribution in [0.25, 0.3) is 0 Å². The van der Waals surface area contributed by atoms with Crippen molar-refractivity contribution in [2.75, 3.05) is 39.3 Å². The van der Waals surface area contributed by atoms with Crippen LogP contribution in [0.3, 0.4) is 0 Å². The number of carbonyl (C=O) groups is 1. The topological polar surface area (TPSA) is 95.7 Å². The highest BCUT2D eigenvalue weighted by molar-refractivity contribution is 7.86. The molecule has 1 unspecified atom stereocenters. The molecule has 0 aromatic carbocycles. The fourth-order valence-electron chi connectivity index (χ4n) is 3.14. The molecule has 0 bridgehead atoms. The monoisotopic (exact) mass is 332 g/mol. The SMILES string of the molecule is NCCNC(=O)C1CCCN(S(=O)(=O)N2CCCCCC2)C1. The van der Waals surface area contributed by atoms with Gasteiger partial charge in [-0.2, -0.15) is 17.0 Å². The molecule has 0 saturated carbocycles. The molecule has 1 atom stereocenters. The van der Waals surface area contributed by atoms with Crippen molar-refractivity contribution in [3.05, 3.63) is 0 Å². The highest BCUT2D eigenvalue weighted by Crippen LogP contribution is 2.23. The number of hydrogen-bond acceptors (Lipinski definition) is 4. The lowest BCUT2D eigenvalue weighted by molar-refractivity contribution is -0.126. The molecule has 2 fully saturated rings. The molecule has 7 nitrogen and oxygen atoms in total. The summed E-state index contributed by atoms with van der Waals surface area (Å²) >= 11 is 0. The van der Waals surface area contributed by atoms with Crippen LogP contribution in [0.2, 0.25) is 0 Å². The normalized spacial score (nSPS) is 25.6. The van der Waals surface area contributed by atoms with E-state index < -0.39 is 10.2 Å². The van der Waals surface area contributed by atoms with Gasteiger partial charge in [0.1, 0.15) is 0 Å². The third kappa shape index (κ3) is 4.41. The van der Waals surface area contributed by atoms with Gasteiger partial charge in [-0.25, -0.2) is 0 Å². The fraction of sp³-hybridized carbons (Fsp3) is 0.929. The lowest BCUT2D eigenvalue weighted by Crippen LogP contribution is -2.51. The zero-order valence-corrected chi connectivity index (χ0v) is 14.0. The first-order chi connectivity index (χ1) is 10.6. The first-order valence-electron chi connectivity index (χ1n) is 8.28. The smallest absolute Gasteiger partial charge is 0.281 e. The van der Waals surface area contributed by atoms with E-state index in [-0.39, 0.29) is 18.4 Å². The lowest BCUT2D eigenvalue weighted by Gasteiger charge is -2.34. The number of nitrogens with two attached hydrogens (primary N) is 1. The zero-order chi connectivity index (χ0) is 16.0. The molecule has 22 heavy (non-hydrogen) atoms. The molecule has 2 aliphatic heterocycles. The highest BCUT2D eigenvalue weighted by Gasteiger charge is 2.35. The minimum atomic E-state index is -3.43. The Hall–Kier alpha value is -0.700. The Morgan fingerprint density at radius 2 is 1.68 bits per heavy atom. The Balaban J connectivity index is 1.99. The second kappa shape index (κ2) is 8.24. The van der Waals surface area contributed by atoms with E-state index in [1.807, 2.05) is 0 Å². The molecule has 0 aromatic rings. The Labute approximate surface area is 133 Å². The maximum absolute atomic E-state index is 12.8. The van der Waals surface area contributed by atoms with E-state index in [0.29, 0.717) is 32.7 Å². The van der Waals surface area contributed by atoms with E-state index in [9.17, 15) is 13.2 Å². The largest absolute Gasteiger partial charge is 0.355 e. The van der Waals surface area contributed by atoms with Gasteiger partial charge >= 0.3 is 0 Å². The third-order valence-corrected chi connectivity index (χ3v) is 6.42. The first kappa shape index (κ1) is 17.7. The van der Waals surface area contributed by atoms with Crippen LogP contribution in [-0.4, -0.2) is 62.2 Å². The zero-order valence-electron chi connectivity index (χ0n) is 13.2. The summed E-state index contributed by atoms with van der Waals surface area (Å²) in [5, 5.41) is 2.76. The van der Waals surface area contributed by atoms with Crippen molar-refractivity contribution < 1.29 is 13.2 Å². The Morgan fingerprint density at radius 1 is 1.05 bits per heavy atom. The second-order valence-corrected chi connectivity index (χ2v) is 8.03. The van der Waals surface area contributed by atoms with E-state index >= 15 is 0 Å². The number of hydrogen-bond donors (Lipinski definition) is 2. The standard InChI is InChI=1S/C14H28N4O3S/c15-7-8-16-14(19)13-6-5-11-18(12-13)22(20,21)17-9-3-1-2-4-10-17/h13H,1-12,15H2,(H,16,19). The molecule has 2 rings (SSSR count). The molecule has 0 aromatic heterocycles. The van der Waals surface area contributed by atoms with E-state index in [2.05, 4.69) is 5.32 Å². The van der Waals surface area contributed by atoms with Gasteiger partial charge in [0, 0.05) is 39.3 Å². The van der Waals surface area contributed by atoms with Gasteiger partial charge in [-0.15, -0.1) is 0 Å². The lowest BCUT2D eigenvalue weighted by atomic mass is 9.99. The maximum atomic E-state index is 12.8. The summed E-state index contributed by atoms with van der Waals surface area (Å²) in [7, 11) is -3.43. The summed E-state index contributed by atoms with van der Waals surface area (Å²) in [5.74, 6) is -0.344. The molecular weight excluding hydrogens is 304 g/mol. The Bertz CT molecular complexity index is 461. The number of nitrogens with zero attached hydrogens (tertiary/aromatic N) is 2. The summed E-state index contributed by atoms with van der Waals surface area (Å²) < 4.78 is 28.6. The Morgan fingerprint density at radius 3 is 2.32 bits per heavy atom. The molecule has 0 radical (unpaired) electrons. The van der Waals surface area contributed by atoms with Gasteiger partial charge in [-0.05, 0) is 25.7 Å². The fourth-order valence-corrected chi connectivity index (χ4v) is 4.92. The number of amides is 1. The van der Waals surface area contributed by atoms with Gasteiger partial charge in [0.15, 0.2) is 0 Å². The number of nitrogens with one attached hydrogen (secondary N) is 1. The Kier molecular flexibility index (Phi) is 6.61. The molecule has 128 valence electrons. The number of carbonyl (C=O) groups excluding carboxylic acids is 1. The van der Waals surface area contributed by atoms with Crippen molar-refractivity contribution in [3.63, 3.8) is 0 Å². The van der Waals surface area contributed by atoms with Crippen molar-refractivity contribution in [1.82, 2.24) is 13.9 Å². The van der Waals surface area contributed by atoms with Crippen LogP contribution in [0.1, 0.15) is 38.5 Å². The van der Waals surface area contributed by atoms with Crippen LogP contribution in [0, 0.1) is 5.92 Å². The van der Waals surface area contributed by atoms with Crippen LogP contribution in [0.15, 0.2) is 0 Å². The van der Waals surface area contributed by atoms with Crippen molar-refractivity contribution >= 4 is 16.1 Å². The van der Waals surface area contributed by atoms with Crippen molar-refractivity contribution in [2.24, 2.45) is 11.7 Å². The van der Waals surface area contributed by atoms with Crippen molar-refractivity contribution in [3.8, 4) is 0 Å². The summed E-state index contributed by atoms with van der Waals surface area (Å²) in [6, 6.07) is 0. The van der Waals surface area contributed by atoms with E-state index in [1.54, 1.807) is 4.31 Å². The molecule has 3 N–H and O–H groups in total.